The Morgan fingerprint density at radius 2 is 1.84 bits per heavy atom. The number of carbonyl (C=O) groups excluding carboxylic acids is 2. The van der Waals surface area contributed by atoms with Gasteiger partial charge >= 0.3 is 0 Å². The Balaban J connectivity index is 0.00000480. The van der Waals surface area contributed by atoms with Crippen molar-refractivity contribution in [3.63, 3.8) is 0 Å². The highest BCUT2D eigenvalue weighted by molar-refractivity contribution is 14.0. The van der Waals surface area contributed by atoms with E-state index < -0.39 is 0 Å². The number of aliphatic imine (C=N–C) groups is 1. The number of guanidine groups is 1. The number of nitrogens with zero attached hydrogens (tertiary/aromatic N) is 2. The normalized spacial score (nSPS) is 10.7. The standard InChI is InChI=1S/C22H31N5O3.HI/c1-4-23-22(24-13-12-20(28)27(5-2)6-3)25-16-17-9-7-10-18(15-17)26-21(29)19-11-8-14-30-19;/h7-11,14-15H,4-6,12-13,16H2,1-3H3,(H,26,29)(H2,23,24,25);1H. The van der Waals surface area contributed by atoms with Crippen LogP contribution in [0.25, 0.3) is 0 Å². The Hall–Kier alpha value is -2.56. The van der Waals surface area contributed by atoms with E-state index in [4.69, 9.17) is 4.42 Å². The van der Waals surface area contributed by atoms with Crippen LogP contribution in [0.3, 0.4) is 0 Å². The molecular formula is C22H32IN5O3. The molecule has 0 saturated heterocycles. The second kappa shape index (κ2) is 14.4. The first kappa shape index (κ1) is 26.5. The van der Waals surface area contributed by atoms with Crippen LogP contribution in [-0.2, 0) is 11.3 Å². The van der Waals surface area contributed by atoms with Gasteiger partial charge in [-0.25, -0.2) is 4.99 Å². The van der Waals surface area contributed by atoms with E-state index in [-0.39, 0.29) is 41.6 Å². The summed E-state index contributed by atoms with van der Waals surface area (Å²) >= 11 is 0. The van der Waals surface area contributed by atoms with Crippen molar-refractivity contribution in [1.29, 1.82) is 0 Å². The Kier molecular flexibility index (Phi) is 12.3. The lowest BCUT2D eigenvalue weighted by atomic mass is 10.2. The first-order chi connectivity index (χ1) is 14.6. The summed E-state index contributed by atoms with van der Waals surface area (Å²) in [7, 11) is 0. The molecule has 31 heavy (non-hydrogen) atoms. The van der Waals surface area contributed by atoms with Crippen molar-refractivity contribution in [2.45, 2.75) is 33.7 Å². The van der Waals surface area contributed by atoms with Gasteiger partial charge in [-0.05, 0) is 50.6 Å². The number of hydrogen-bond donors (Lipinski definition) is 3. The fourth-order valence-corrected chi connectivity index (χ4v) is 2.88. The van der Waals surface area contributed by atoms with Gasteiger partial charge in [0.2, 0.25) is 5.91 Å². The Bertz CT molecular complexity index is 835. The minimum atomic E-state index is -0.298. The molecule has 0 saturated carbocycles. The molecule has 1 heterocycles. The molecule has 0 bridgehead atoms. The number of amides is 2. The summed E-state index contributed by atoms with van der Waals surface area (Å²) in [6, 6.07) is 10.8. The molecule has 0 radical (unpaired) electrons. The molecule has 2 amide bonds. The molecule has 0 spiro atoms. The zero-order valence-corrected chi connectivity index (χ0v) is 20.6. The van der Waals surface area contributed by atoms with Crippen LogP contribution in [0.4, 0.5) is 5.69 Å². The van der Waals surface area contributed by atoms with Gasteiger partial charge in [-0.2, -0.15) is 0 Å². The molecule has 2 rings (SSSR count). The molecule has 3 N–H and O–H groups in total. The highest BCUT2D eigenvalue weighted by atomic mass is 127. The molecule has 2 aromatic rings. The summed E-state index contributed by atoms with van der Waals surface area (Å²) < 4.78 is 5.11. The maximum absolute atomic E-state index is 12.1. The number of anilines is 1. The van der Waals surface area contributed by atoms with Gasteiger partial charge in [-0.1, -0.05) is 12.1 Å². The van der Waals surface area contributed by atoms with Gasteiger partial charge in [0.1, 0.15) is 0 Å². The zero-order chi connectivity index (χ0) is 21.8. The molecule has 0 aliphatic heterocycles. The number of furan rings is 1. The first-order valence-electron chi connectivity index (χ1n) is 10.3. The van der Waals surface area contributed by atoms with Crippen molar-refractivity contribution in [2.75, 3.05) is 31.5 Å². The van der Waals surface area contributed by atoms with Gasteiger partial charge in [-0.15, -0.1) is 24.0 Å². The summed E-state index contributed by atoms with van der Waals surface area (Å²) in [5.41, 5.74) is 1.62. The molecule has 9 heteroatoms. The van der Waals surface area contributed by atoms with E-state index in [1.165, 1.54) is 6.26 Å². The lowest BCUT2D eigenvalue weighted by Crippen LogP contribution is -2.40. The Labute approximate surface area is 200 Å². The lowest BCUT2D eigenvalue weighted by molar-refractivity contribution is -0.130. The van der Waals surface area contributed by atoms with Crippen LogP contribution in [0.1, 0.15) is 43.3 Å². The van der Waals surface area contributed by atoms with Gasteiger partial charge in [0, 0.05) is 38.3 Å². The van der Waals surface area contributed by atoms with Crippen molar-refractivity contribution in [1.82, 2.24) is 15.5 Å². The van der Waals surface area contributed by atoms with Gasteiger partial charge in [0.25, 0.3) is 5.91 Å². The van der Waals surface area contributed by atoms with Crippen LogP contribution >= 0.6 is 24.0 Å². The van der Waals surface area contributed by atoms with Gasteiger partial charge in [-0.3, -0.25) is 9.59 Å². The van der Waals surface area contributed by atoms with E-state index in [9.17, 15) is 9.59 Å². The largest absolute Gasteiger partial charge is 0.459 e. The van der Waals surface area contributed by atoms with Gasteiger partial charge in [0.05, 0.1) is 12.8 Å². The second-order valence-electron chi connectivity index (χ2n) is 6.57. The molecule has 170 valence electrons. The van der Waals surface area contributed by atoms with E-state index in [0.29, 0.717) is 31.2 Å². The minimum Gasteiger partial charge on any atom is -0.459 e. The third-order valence-corrected chi connectivity index (χ3v) is 4.44. The van der Waals surface area contributed by atoms with Crippen molar-refractivity contribution >= 4 is 47.4 Å². The number of halogens is 1. The van der Waals surface area contributed by atoms with Crippen molar-refractivity contribution in [3.05, 3.63) is 54.0 Å². The van der Waals surface area contributed by atoms with E-state index >= 15 is 0 Å². The van der Waals surface area contributed by atoms with Crippen molar-refractivity contribution < 1.29 is 14.0 Å². The SMILES string of the molecule is CCNC(=NCc1cccc(NC(=O)c2ccco2)c1)NCCC(=O)N(CC)CC.I. The highest BCUT2D eigenvalue weighted by Crippen LogP contribution is 2.13. The monoisotopic (exact) mass is 541 g/mol. The van der Waals surface area contributed by atoms with Crippen LogP contribution in [0.15, 0.2) is 52.1 Å². The van der Waals surface area contributed by atoms with Crippen LogP contribution < -0.4 is 16.0 Å². The molecule has 0 unspecified atom stereocenters. The highest BCUT2D eigenvalue weighted by Gasteiger charge is 2.10. The molecule has 0 atom stereocenters. The van der Waals surface area contributed by atoms with Crippen LogP contribution in [0.5, 0.6) is 0 Å². The molecular weight excluding hydrogens is 509 g/mol. The van der Waals surface area contributed by atoms with E-state index in [1.807, 2.05) is 49.9 Å². The van der Waals surface area contributed by atoms with Gasteiger partial charge in [0.15, 0.2) is 11.7 Å². The summed E-state index contributed by atoms with van der Waals surface area (Å²) in [6.45, 7) is 9.05. The summed E-state index contributed by atoms with van der Waals surface area (Å²) in [6.07, 6.45) is 1.88. The quantitative estimate of drug-likeness (QED) is 0.243. The predicted octanol–water partition coefficient (Wildman–Crippen LogP) is 3.46. The molecule has 1 aromatic heterocycles. The lowest BCUT2D eigenvalue weighted by Gasteiger charge is -2.19. The Morgan fingerprint density at radius 1 is 1.06 bits per heavy atom. The number of rotatable bonds is 10. The van der Waals surface area contributed by atoms with Crippen molar-refractivity contribution in [3.8, 4) is 0 Å². The van der Waals surface area contributed by atoms with E-state index in [1.54, 1.807) is 12.1 Å². The summed E-state index contributed by atoms with van der Waals surface area (Å²) in [5, 5.41) is 9.19. The molecule has 0 aliphatic carbocycles. The van der Waals surface area contributed by atoms with Gasteiger partial charge < -0.3 is 25.3 Å². The summed E-state index contributed by atoms with van der Waals surface area (Å²) in [4.78, 5) is 30.6. The molecule has 1 aromatic carbocycles. The Morgan fingerprint density at radius 3 is 2.48 bits per heavy atom. The number of nitrogens with one attached hydrogen (secondary N) is 3. The van der Waals surface area contributed by atoms with Crippen molar-refractivity contribution in [2.24, 2.45) is 4.99 Å². The predicted molar refractivity (Wildman–Crippen MR) is 134 cm³/mol. The minimum absolute atomic E-state index is 0. The molecule has 0 fully saturated rings. The molecule has 0 aliphatic rings. The average molecular weight is 541 g/mol. The fraction of sp³-hybridized carbons (Fsp3) is 0.409. The average Bonchev–Trinajstić information content (AvgIpc) is 3.28. The first-order valence-corrected chi connectivity index (χ1v) is 10.3. The number of benzene rings is 1. The van der Waals surface area contributed by atoms with Crippen LogP contribution in [0.2, 0.25) is 0 Å². The third kappa shape index (κ3) is 8.99. The second-order valence-corrected chi connectivity index (χ2v) is 6.57. The maximum Gasteiger partial charge on any atom is 0.291 e. The number of carbonyl (C=O) groups is 2. The number of hydrogen-bond acceptors (Lipinski definition) is 4. The zero-order valence-electron chi connectivity index (χ0n) is 18.3. The fourth-order valence-electron chi connectivity index (χ4n) is 2.88. The van der Waals surface area contributed by atoms with Crippen LogP contribution in [-0.4, -0.2) is 48.9 Å². The molecule has 8 nitrogen and oxygen atoms in total. The third-order valence-electron chi connectivity index (χ3n) is 4.44. The summed E-state index contributed by atoms with van der Waals surface area (Å²) in [5.74, 6) is 0.739. The maximum atomic E-state index is 12.1. The van der Waals surface area contributed by atoms with Crippen LogP contribution in [0, 0.1) is 0 Å². The smallest absolute Gasteiger partial charge is 0.291 e. The van der Waals surface area contributed by atoms with E-state index in [2.05, 4.69) is 20.9 Å². The van der Waals surface area contributed by atoms with E-state index in [0.717, 1.165) is 25.2 Å². The topological polar surface area (TPSA) is 99.0 Å².